The van der Waals surface area contributed by atoms with E-state index in [1.165, 1.54) is 16.7 Å². The molecule has 0 radical (unpaired) electrons. The number of aromatic nitrogens is 2. The molecule has 2 aromatic rings. The van der Waals surface area contributed by atoms with E-state index in [0.29, 0.717) is 17.9 Å². The smallest absolute Gasteiger partial charge is 0.251 e. The summed E-state index contributed by atoms with van der Waals surface area (Å²) in [6, 6.07) is 7.21. The number of aryl methyl sites for hydroxylation is 2. The summed E-state index contributed by atoms with van der Waals surface area (Å²) in [4.78, 5) is 8.22. The van der Waals surface area contributed by atoms with E-state index in [2.05, 4.69) is 9.97 Å². The second kappa shape index (κ2) is 6.78. The number of sulfonamides is 1. The van der Waals surface area contributed by atoms with Gasteiger partial charge in [0.1, 0.15) is 12.2 Å². The Balaban J connectivity index is 1.77. The molecule has 7 nitrogen and oxygen atoms in total. The van der Waals surface area contributed by atoms with Crippen molar-refractivity contribution in [2.45, 2.75) is 31.3 Å². The van der Waals surface area contributed by atoms with Gasteiger partial charge < -0.3 is 4.74 Å². The van der Waals surface area contributed by atoms with Crippen molar-refractivity contribution in [1.82, 2.24) is 14.3 Å². The van der Waals surface area contributed by atoms with Crippen molar-refractivity contribution in [3.63, 3.8) is 0 Å². The fraction of sp³-hybridized carbons (Fsp3) is 0.353. The molecule has 130 valence electrons. The summed E-state index contributed by atoms with van der Waals surface area (Å²) in [7, 11) is -3.57. The molecular weight excluding hydrogens is 340 g/mol. The average molecular weight is 358 g/mol. The third-order valence-electron chi connectivity index (χ3n) is 4.10. The Morgan fingerprint density at radius 1 is 1.28 bits per heavy atom. The lowest BCUT2D eigenvalue weighted by molar-refractivity contribution is 0.205. The zero-order chi connectivity index (χ0) is 18.0. The van der Waals surface area contributed by atoms with Crippen LogP contribution in [-0.4, -0.2) is 41.9 Å². The molecule has 1 atom stereocenters. The number of benzene rings is 1. The molecule has 1 aliphatic rings. The van der Waals surface area contributed by atoms with Crippen LogP contribution in [0.4, 0.5) is 0 Å². The van der Waals surface area contributed by atoms with Gasteiger partial charge in [-0.2, -0.15) is 9.57 Å². The Morgan fingerprint density at radius 2 is 2.04 bits per heavy atom. The summed E-state index contributed by atoms with van der Waals surface area (Å²) in [6.45, 7) is 4.30. The van der Waals surface area contributed by atoms with Gasteiger partial charge in [-0.05, 0) is 31.9 Å². The second-order valence-electron chi connectivity index (χ2n) is 5.98. The largest absolute Gasteiger partial charge is 0.471 e. The van der Waals surface area contributed by atoms with Crippen LogP contribution in [0.1, 0.15) is 23.2 Å². The summed E-state index contributed by atoms with van der Waals surface area (Å²) in [6.07, 6.45) is 3.03. The number of nitrogens with zero attached hydrogens (tertiary/aromatic N) is 4. The third kappa shape index (κ3) is 3.48. The Hall–Kier alpha value is -2.50. The highest BCUT2D eigenvalue weighted by molar-refractivity contribution is 7.89. The topological polar surface area (TPSA) is 96.2 Å². The van der Waals surface area contributed by atoms with Crippen LogP contribution in [0.2, 0.25) is 0 Å². The number of ether oxygens (including phenoxy) is 1. The molecule has 1 saturated heterocycles. The van der Waals surface area contributed by atoms with Crippen molar-refractivity contribution in [3.05, 3.63) is 47.4 Å². The highest BCUT2D eigenvalue weighted by Crippen LogP contribution is 2.26. The lowest BCUT2D eigenvalue weighted by Gasteiger charge is -2.18. The van der Waals surface area contributed by atoms with Crippen LogP contribution in [0, 0.1) is 25.2 Å². The molecule has 0 spiro atoms. The zero-order valence-corrected chi connectivity index (χ0v) is 14.8. The molecule has 3 rings (SSSR count). The van der Waals surface area contributed by atoms with Crippen LogP contribution >= 0.6 is 0 Å². The fourth-order valence-electron chi connectivity index (χ4n) is 2.89. The van der Waals surface area contributed by atoms with Gasteiger partial charge in [0.15, 0.2) is 0 Å². The highest BCUT2D eigenvalue weighted by Gasteiger charge is 2.34. The molecule has 1 aliphatic heterocycles. The quantitative estimate of drug-likeness (QED) is 0.827. The molecule has 1 aromatic carbocycles. The van der Waals surface area contributed by atoms with Crippen LogP contribution in [0.15, 0.2) is 35.5 Å². The van der Waals surface area contributed by atoms with Crippen molar-refractivity contribution >= 4 is 10.0 Å². The van der Waals surface area contributed by atoms with Crippen molar-refractivity contribution in [2.75, 3.05) is 13.1 Å². The summed E-state index contributed by atoms with van der Waals surface area (Å²) >= 11 is 0. The first-order valence-corrected chi connectivity index (χ1v) is 9.31. The first-order valence-electron chi connectivity index (χ1n) is 7.87. The van der Waals surface area contributed by atoms with E-state index in [1.54, 1.807) is 19.1 Å². The maximum atomic E-state index is 12.9. The number of hydrogen-bond acceptors (Lipinski definition) is 6. The molecule has 0 N–H and O–H groups in total. The maximum absolute atomic E-state index is 12.9. The Morgan fingerprint density at radius 3 is 2.76 bits per heavy atom. The standard InChI is InChI=1S/C17H18N4O3S/c1-12-3-4-16(13(2)9-12)25(22,23)21-8-5-14(11-21)24-17-15(10-18)19-6-7-20-17/h3-4,6-7,9,14H,5,8,11H2,1-2H3. The lowest BCUT2D eigenvalue weighted by Crippen LogP contribution is -2.31. The van der Waals surface area contributed by atoms with Crippen LogP contribution < -0.4 is 4.74 Å². The van der Waals surface area contributed by atoms with E-state index in [9.17, 15) is 8.42 Å². The van der Waals surface area contributed by atoms with Gasteiger partial charge in [0, 0.05) is 18.9 Å². The molecular formula is C17H18N4O3S. The van der Waals surface area contributed by atoms with Gasteiger partial charge in [0.05, 0.1) is 11.4 Å². The highest BCUT2D eigenvalue weighted by atomic mass is 32.2. The van der Waals surface area contributed by atoms with Gasteiger partial charge in [-0.25, -0.2) is 18.4 Å². The molecule has 0 saturated carbocycles. The van der Waals surface area contributed by atoms with E-state index < -0.39 is 10.0 Å². The summed E-state index contributed by atoms with van der Waals surface area (Å²) < 4.78 is 32.9. The second-order valence-corrected chi connectivity index (χ2v) is 7.89. The lowest BCUT2D eigenvalue weighted by atomic mass is 10.2. The van der Waals surface area contributed by atoms with Crippen molar-refractivity contribution < 1.29 is 13.2 Å². The molecule has 0 bridgehead atoms. The minimum absolute atomic E-state index is 0.0955. The van der Waals surface area contributed by atoms with Gasteiger partial charge in [-0.1, -0.05) is 17.7 Å². The Kier molecular flexibility index (Phi) is 4.70. The van der Waals surface area contributed by atoms with Gasteiger partial charge in [0.2, 0.25) is 15.7 Å². The predicted octanol–water partition coefficient (Wildman–Crippen LogP) is 1.81. The predicted molar refractivity (Wildman–Crippen MR) is 90.5 cm³/mol. The first-order chi connectivity index (χ1) is 11.9. The summed E-state index contributed by atoms with van der Waals surface area (Å²) in [5.41, 5.74) is 1.84. The minimum Gasteiger partial charge on any atom is -0.471 e. The van der Waals surface area contributed by atoms with Crippen LogP contribution in [0.25, 0.3) is 0 Å². The van der Waals surface area contributed by atoms with Crippen LogP contribution in [-0.2, 0) is 10.0 Å². The molecule has 25 heavy (non-hydrogen) atoms. The molecule has 1 fully saturated rings. The average Bonchev–Trinajstić information content (AvgIpc) is 3.04. The molecule has 1 unspecified atom stereocenters. The van der Waals surface area contributed by atoms with Crippen LogP contribution in [0.3, 0.4) is 0 Å². The molecule has 2 heterocycles. The molecule has 0 aliphatic carbocycles. The van der Waals surface area contributed by atoms with Crippen molar-refractivity contribution in [3.8, 4) is 11.9 Å². The zero-order valence-electron chi connectivity index (χ0n) is 14.0. The number of rotatable bonds is 4. The summed E-state index contributed by atoms with van der Waals surface area (Å²) in [5, 5.41) is 9.04. The molecule has 8 heteroatoms. The number of nitriles is 1. The van der Waals surface area contributed by atoms with Gasteiger partial charge in [-0.3, -0.25) is 0 Å². The van der Waals surface area contributed by atoms with Crippen LogP contribution in [0.5, 0.6) is 5.88 Å². The number of hydrogen-bond donors (Lipinski definition) is 0. The Bertz CT molecular complexity index is 937. The normalized spacial score (nSPS) is 18.0. The van der Waals surface area contributed by atoms with Crippen molar-refractivity contribution in [2.24, 2.45) is 0 Å². The van der Waals surface area contributed by atoms with Gasteiger partial charge >= 0.3 is 0 Å². The van der Waals surface area contributed by atoms with E-state index in [1.807, 2.05) is 19.1 Å². The van der Waals surface area contributed by atoms with E-state index >= 15 is 0 Å². The Labute approximate surface area is 147 Å². The fourth-order valence-corrected chi connectivity index (χ4v) is 4.58. The van der Waals surface area contributed by atoms with Crippen molar-refractivity contribution in [1.29, 1.82) is 5.26 Å². The monoisotopic (exact) mass is 358 g/mol. The van der Waals surface area contributed by atoms with E-state index in [4.69, 9.17) is 10.00 Å². The van der Waals surface area contributed by atoms with Gasteiger partial charge in [0.25, 0.3) is 5.88 Å². The maximum Gasteiger partial charge on any atom is 0.251 e. The van der Waals surface area contributed by atoms with Gasteiger partial charge in [-0.15, -0.1) is 0 Å². The third-order valence-corrected chi connectivity index (χ3v) is 6.13. The summed E-state index contributed by atoms with van der Waals surface area (Å²) in [5.74, 6) is 0.140. The minimum atomic E-state index is -3.57. The van der Waals surface area contributed by atoms with E-state index in [-0.39, 0.29) is 24.2 Å². The van der Waals surface area contributed by atoms with E-state index in [0.717, 1.165) is 11.1 Å². The molecule has 0 amide bonds. The first kappa shape index (κ1) is 17.3. The SMILES string of the molecule is Cc1ccc(S(=O)(=O)N2CCC(Oc3nccnc3C#N)C2)c(C)c1. The molecule has 1 aromatic heterocycles.